The van der Waals surface area contributed by atoms with Crippen LogP contribution in [0.3, 0.4) is 0 Å². The number of hydrogen-bond donors (Lipinski definition) is 2. The first-order valence-corrected chi connectivity index (χ1v) is 7.25. The summed E-state index contributed by atoms with van der Waals surface area (Å²) in [5.74, 6) is 0.153. The molecule has 1 aliphatic rings. The fourth-order valence-corrected chi connectivity index (χ4v) is 3.12. The largest absolute Gasteiger partial charge is 0.350 e. The van der Waals surface area contributed by atoms with E-state index in [1.807, 2.05) is 0 Å². The average molecular weight is 252 g/mol. The zero-order chi connectivity index (χ0) is 12.1. The van der Waals surface area contributed by atoms with Crippen LogP contribution < -0.4 is 10.6 Å². The molecule has 1 atom stereocenters. The third-order valence-electron chi connectivity index (χ3n) is 3.27. The van der Waals surface area contributed by atoms with Crippen LogP contribution in [0.4, 0.5) is 0 Å². The monoisotopic (exact) mass is 252 g/mol. The Morgan fingerprint density at radius 3 is 3.18 bits per heavy atom. The average Bonchev–Trinajstić information content (AvgIpc) is 2.84. The number of piperidine rings is 1. The molecule has 3 nitrogen and oxygen atoms in total. The van der Waals surface area contributed by atoms with Crippen molar-refractivity contribution in [1.82, 2.24) is 10.6 Å². The molecule has 1 aliphatic heterocycles. The zero-order valence-corrected chi connectivity index (χ0v) is 11.1. The molecule has 0 spiro atoms. The molecule has 0 bridgehead atoms. The Morgan fingerprint density at radius 2 is 2.47 bits per heavy atom. The maximum Gasteiger partial charge on any atom is 0.237 e. The van der Waals surface area contributed by atoms with Crippen LogP contribution in [0.25, 0.3) is 0 Å². The molecule has 17 heavy (non-hydrogen) atoms. The Kier molecular flexibility index (Phi) is 4.57. The Morgan fingerprint density at radius 1 is 1.59 bits per heavy atom. The van der Waals surface area contributed by atoms with E-state index in [0.29, 0.717) is 6.54 Å². The molecule has 0 aliphatic carbocycles. The highest BCUT2D eigenvalue weighted by molar-refractivity contribution is 7.10. The van der Waals surface area contributed by atoms with Crippen LogP contribution in [-0.4, -0.2) is 18.5 Å². The van der Waals surface area contributed by atoms with Crippen LogP contribution >= 0.6 is 11.3 Å². The number of thiophene rings is 1. The fraction of sp³-hybridized carbons (Fsp3) is 0.615. The molecule has 2 rings (SSSR count). The minimum Gasteiger partial charge on any atom is -0.350 e. The normalized spacial score (nSPS) is 20.2. The summed E-state index contributed by atoms with van der Waals surface area (Å²) in [5, 5.41) is 8.40. The van der Waals surface area contributed by atoms with Gasteiger partial charge in [-0.15, -0.1) is 11.3 Å². The van der Waals surface area contributed by atoms with Crippen LogP contribution in [0, 0.1) is 0 Å². The summed E-state index contributed by atoms with van der Waals surface area (Å²) < 4.78 is 0. The second-order valence-electron chi connectivity index (χ2n) is 4.44. The van der Waals surface area contributed by atoms with Gasteiger partial charge in [-0.25, -0.2) is 0 Å². The van der Waals surface area contributed by atoms with Gasteiger partial charge < -0.3 is 10.6 Å². The number of nitrogens with one attached hydrogen (secondary N) is 2. The smallest absolute Gasteiger partial charge is 0.237 e. The minimum absolute atomic E-state index is 0.0220. The van der Waals surface area contributed by atoms with Crippen LogP contribution in [-0.2, 0) is 17.8 Å². The summed E-state index contributed by atoms with van der Waals surface area (Å²) in [6.07, 6.45) is 4.35. The molecule has 0 saturated carbocycles. The molecule has 2 N–H and O–H groups in total. The molecule has 1 aromatic heterocycles. The number of carbonyl (C=O) groups is 1. The van der Waals surface area contributed by atoms with E-state index in [2.05, 4.69) is 29.0 Å². The topological polar surface area (TPSA) is 41.1 Å². The first-order valence-electron chi connectivity index (χ1n) is 6.37. The van der Waals surface area contributed by atoms with Gasteiger partial charge in [-0.05, 0) is 42.8 Å². The van der Waals surface area contributed by atoms with E-state index in [1.54, 1.807) is 11.3 Å². The Bertz CT molecular complexity index is 369. The maximum atomic E-state index is 11.9. The van der Waals surface area contributed by atoms with Crippen LogP contribution in [0.15, 0.2) is 11.4 Å². The van der Waals surface area contributed by atoms with Crippen molar-refractivity contribution in [3.63, 3.8) is 0 Å². The molecule has 94 valence electrons. The highest BCUT2D eigenvalue weighted by Gasteiger charge is 2.20. The molecule has 1 saturated heterocycles. The van der Waals surface area contributed by atoms with Crippen molar-refractivity contribution in [1.29, 1.82) is 0 Å². The fourth-order valence-electron chi connectivity index (χ4n) is 2.20. The lowest BCUT2D eigenvalue weighted by Gasteiger charge is -2.22. The number of carbonyl (C=O) groups excluding carboxylic acids is 1. The third-order valence-corrected chi connectivity index (χ3v) is 4.23. The van der Waals surface area contributed by atoms with Crippen molar-refractivity contribution in [3.8, 4) is 0 Å². The number of aryl methyl sites for hydroxylation is 1. The molecule has 1 fully saturated rings. The Balaban J connectivity index is 1.83. The van der Waals surface area contributed by atoms with Crippen molar-refractivity contribution >= 4 is 17.2 Å². The van der Waals surface area contributed by atoms with Crippen LogP contribution in [0.1, 0.15) is 36.6 Å². The predicted molar refractivity (Wildman–Crippen MR) is 71.2 cm³/mol. The number of hydrogen-bond acceptors (Lipinski definition) is 3. The summed E-state index contributed by atoms with van der Waals surface area (Å²) in [4.78, 5) is 13.2. The summed E-state index contributed by atoms with van der Waals surface area (Å²) in [5.41, 5.74) is 1.35. The van der Waals surface area contributed by atoms with Gasteiger partial charge in [0.15, 0.2) is 0 Å². The zero-order valence-electron chi connectivity index (χ0n) is 10.3. The van der Waals surface area contributed by atoms with E-state index < -0.39 is 0 Å². The van der Waals surface area contributed by atoms with Gasteiger partial charge in [0.1, 0.15) is 0 Å². The van der Waals surface area contributed by atoms with Crippen molar-refractivity contribution in [3.05, 3.63) is 21.9 Å². The van der Waals surface area contributed by atoms with E-state index in [1.165, 1.54) is 16.9 Å². The summed E-state index contributed by atoms with van der Waals surface area (Å²) in [7, 11) is 0. The Hall–Kier alpha value is -0.870. The lowest BCUT2D eigenvalue weighted by Crippen LogP contribution is -2.46. The van der Waals surface area contributed by atoms with Gasteiger partial charge in [0.25, 0.3) is 0 Å². The van der Waals surface area contributed by atoms with Gasteiger partial charge in [0, 0.05) is 4.88 Å². The van der Waals surface area contributed by atoms with Crippen LogP contribution in [0.2, 0.25) is 0 Å². The third kappa shape index (κ3) is 3.30. The molecule has 1 aromatic rings. The quantitative estimate of drug-likeness (QED) is 0.861. The molecule has 4 heteroatoms. The standard InChI is InChI=1S/C13H20N2OS/c1-2-10-6-8-17-12(10)9-15-13(16)11-5-3-4-7-14-11/h6,8,11,14H,2-5,7,9H2,1H3,(H,15,16). The SMILES string of the molecule is CCc1ccsc1CNC(=O)C1CCCCN1. The van der Waals surface area contributed by atoms with E-state index in [0.717, 1.165) is 25.8 Å². The molecular weight excluding hydrogens is 232 g/mol. The van der Waals surface area contributed by atoms with E-state index >= 15 is 0 Å². The molecule has 0 aromatic carbocycles. The van der Waals surface area contributed by atoms with Gasteiger partial charge >= 0.3 is 0 Å². The van der Waals surface area contributed by atoms with Crippen molar-refractivity contribution < 1.29 is 4.79 Å². The highest BCUT2D eigenvalue weighted by Crippen LogP contribution is 2.17. The molecule has 0 radical (unpaired) electrons. The van der Waals surface area contributed by atoms with Crippen molar-refractivity contribution in [2.75, 3.05) is 6.54 Å². The van der Waals surface area contributed by atoms with Gasteiger partial charge in [-0.2, -0.15) is 0 Å². The van der Waals surface area contributed by atoms with Crippen molar-refractivity contribution in [2.45, 2.75) is 45.2 Å². The predicted octanol–water partition coefficient (Wildman–Crippen LogP) is 2.07. The number of rotatable bonds is 4. The van der Waals surface area contributed by atoms with E-state index in [4.69, 9.17) is 0 Å². The summed E-state index contributed by atoms with van der Waals surface area (Å²) in [6.45, 7) is 3.80. The molecule has 2 heterocycles. The lowest BCUT2D eigenvalue weighted by molar-refractivity contribution is -0.123. The lowest BCUT2D eigenvalue weighted by atomic mass is 10.0. The second-order valence-corrected chi connectivity index (χ2v) is 5.44. The first-order chi connectivity index (χ1) is 8.31. The van der Waals surface area contributed by atoms with E-state index in [-0.39, 0.29) is 11.9 Å². The number of amides is 1. The van der Waals surface area contributed by atoms with Crippen LogP contribution in [0.5, 0.6) is 0 Å². The molecule has 1 unspecified atom stereocenters. The van der Waals surface area contributed by atoms with Gasteiger partial charge in [0.2, 0.25) is 5.91 Å². The second kappa shape index (κ2) is 6.17. The van der Waals surface area contributed by atoms with Gasteiger partial charge in [-0.1, -0.05) is 13.3 Å². The van der Waals surface area contributed by atoms with Gasteiger partial charge in [-0.3, -0.25) is 4.79 Å². The van der Waals surface area contributed by atoms with Gasteiger partial charge in [0.05, 0.1) is 12.6 Å². The maximum absolute atomic E-state index is 11.9. The van der Waals surface area contributed by atoms with E-state index in [9.17, 15) is 4.79 Å². The Labute approximate surface area is 107 Å². The van der Waals surface area contributed by atoms with Crippen molar-refractivity contribution in [2.24, 2.45) is 0 Å². The summed E-state index contributed by atoms with van der Waals surface area (Å²) in [6, 6.07) is 2.17. The first kappa shape index (κ1) is 12.6. The minimum atomic E-state index is 0.0220. The molecule has 1 amide bonds. The highest BCUT2D eigenvalue weighted by atomic mass is 32.1. The summed E-state index contributed by atoms with van der Waals surface area (Å²) >= 11 is 1.73. The molecular formula is C13H20N2OS.